The summed E-state index contributed by atoms with van der Waals surface area (Å²) in [4.78, 5) is 45.2. The largest absolute Gasteiger partial charge is 0.325 e. The first-order valence-corrected chi connectivity index (χ1v) is 12.2. The van der Waals surface area contributed by atoms with E-state index in [4.69, 9.17) is 0 Å². The van der Waals surface area contributed by atoms with Crippen molar-refractivity contribution >= 4 is 29.0 Å². The molecule has 6 heteroatoms. The molecule has 0 radical (unpaired) electrons. The predicted molar refractivity (Wildman–Crippen MR) is 132 cm³/mol. The van der Waals surface area contributed by atoms with E-state index in [0.29, 0.717) is 23.5 Å². The summed E-state index contributed by atoms with van der Waals surface area (Å²) in [6, 6.07) is 22.5. The molecule has 0 bridgehead atoms. The molecule has 0 aromatic heterocycles. The number of para-hydroxylation sites is 2. The van der Waals surface area contributed by atoms with E-state index in [1.807, 2.05) is 79.7 Å². The number of Topliss-reactive ketones (excluding diaryl/α,β-unsaturated/α-hetero) is 1. The van der Waals surface area contributed by atoms with Gasteiger partial charge in [0.25, 0.3) is 5.91 Å². The summed E-state index contributed by atoms with van der Waals surface area (Å²) < 4.78 is 0. The minimum absolute atomic E-state index is 0.0807. The molecule has 2 spiro atoms. The summed E-state index contributed by atoms with van der Waals surface area (Å²) in [6.45, 7) is 2.64. The van der Waals surface area contributed by atoms with E-state index in [-0.39, 0.29) is 23.6 Å². The Morgan fingerprint density at radius 1 is 0.857 bits per heavy atom. The van der Waals surface area contributed by atoms with Crippen LogP contribution >= 0.6 is 0 Å². The lowest BCUT2D eigenvalue weighted by Gasteiger charge is -2.43. The van der Waals surface area contributed by atoms with Gasteiger partial charge in [-0.3, -0.25) is 19.3 Å². The van der Waals surface area contributed by atoms with E-state index in [1.54, 1.807) is 0 Å². The van der Waals surface area contributed by atoms with Crippen molar-refractivity contribution in [3.63, 3.8) is 0 Å². The fourth-order valence-electron chi connectivity index (χ4n) is 7.43. The second kappa shape index (κ2) is 6.89. The number of fused-ring (bicyclic) bond motifs is 7. The van der Waals surface area contributed by atoms with Gasteiger partial charge < -0.3 is 10.6 Å². The second-order valence-corrected chi connectivity index (χ2v) is 10.1. The van der Waals surface area contributed by atoms with Crippen molar-refractivity contribution in [2.24, 2.45) is 5.92 Å². The van der Waals surface area contributed by atoms with Crippen LogP contribution < -0.4 is 10.6 Å². The number of aryl methyl sites for hydroxylation is 1. The molecule has 3 aromatic rings. The number of nitrogens with one attached hydrogen (secondary N) is 2. The van der Waals surface area contributed by atoms with Crippen LogP contribution in [0.2, 0.25) is 0 Å². The molecule has 4 unspecified atom stereocenters. The van der Waals surface area contributed by atoms with Crippen molar-refractivity contribution in [3.05, 3.63) is 95.1 Å². The Bertz CT molecular complexity index is 1430. The summed E-state index contributed by atoms with van der Waals surface area (Å²) in [5, 5.41) is 6.15. The Hall–Kier alpha value is -3.77. The number of rotatable bonds is 2. The number of carbonyl (C=O) groups excluding carboxylic acids is 3. The van der Waals surface area contributed by atoms with Gasteiger partial charge in [0.05, 0.1) is 5.92 Å². The minimum atomic E-state index is -1.38. The number of benzene rings is 3. The molecule has 7 rings (SSSR count). The van der Waals surface area contributed by atoms with Crippen molar-refractivity contribution in [3.8, 4) is 0 Å². The Kier molecular flexibility index (Phi) is 4.05. The molecule has 174 valence electrons. The van der Waals surface area contributed by atoms with Crippen LogP contribution in [0.4, 0.5) is 11.4 Å². The number of ketones is 1. The van der Waals surface area contributed by atoms with Gasteiger partial charge in [-0.05, 0) is 44.0 Å². The zero-order chi connectivity index (χ0) is 23.9. The van der Waals surface area contributed by atoms with Crippen LogP contribution in [-0.4, -0.2) is 35.1 Å². The molecule has 3 aromatic carbocycles. The number of hydrogen-bond donors (Lipinski definition) is 2. The van der Waals surface area contributed by atoms with Gasteiger partial charge in [-0.2, -0.15) is 0 Å². The fourth-order valence-corrected chi connectivity index (χ4v) is 7.43. The zero-order valence-corrected chi connectivity index (χ0v) is 19.4. The van der Waals surface area contributed by atoms with Gasteiger partial charge in [0.15, 0.2) is 5.78 Å². The second-order valence-electron chi connectivity index (χ2n) is 10.1. The van der Waals surface area contributed by atoms with Crippen molar-refractivity contribution in [1.29, 1.82) is 0 Å². The molecule has 2 N–H and O–H groups in total. The molecule has 6 nitrogen and oxygen atoms in total. The normalized spacial score (nSPS) is 30.3. The van der Waals surface area contributed by atoms with E-state index in [0.717, 1.165) is 29.5 Å². The van der Waals surface area contributed by atoms with Crippen LogP contribution in [0.5, 0.6) is 0 Å². The molecular weight excluding hydrogens is 438 g/mol. The van der Waals surface area contributed by atoms with E-state index in [2.05, 4.69) is 15.5 Å². The predicted octanol–water partition coefficient (Wildman–Crippen LogP) is 4.01. The summed E-state index contributed by atoms with van der Waals surface area (Å²) in [5.41, 5.74) is 1.86. The summed E-state index contributed by atoms with van der Waals surface area (Å²) in [5.74, 6) is -1.28. The highest BCUT2D eigenvalue weighted by Crippen LogP contribution is 2.67. The smallest absolute Gasteiger partial charge is 0.251 e. The van der Waals surface area contributed by atoms with Gasteiger partial charge in [0.1, 0.15) is 11.0 Å². The monoisotopic (exact) mass is 463 g/mol. The fraction of sp³-hybridized carbons (Fsp3) is 0.276. The first-order valence-electron chi connectivity index (χ1n) is 12.2. The van der Waals surface area contributed by atoms with Crippen molar-refractivity contribution in [1.82, 2.24) is 4.90 Å². The van der Waals surface area contributed by atoms with Gasteiger partial charge >= 0.3 is 0 Å². The molecule has 4 heterocycles. The molecule has 4 atom stereocenters. The lowest BCUT2D eigenvalue weighted by molar-refractivity contribution is -0.137. The molecule has 35 heavy (non-hydrogen) atoms. The third-order valence-corrected chi connectivity index (χ3v) is 8.62. The number of amides is 2. The standard InChI is InChI=1S/C29H25N3O3/c1-17-12-14-18(15-13-17)25(33)24-23-11-6-16-32(23)29(20-8-3-5-10-22(20)31-27(29)35)28(24)19-7-2-4-9-21(19)30-26(28)34/h2-5,7-10,12-15,23-24H,6,11,16H2,1H3,(H,30,34)(H,31,35). The van der Waals surface area contributed by atoms with Crippen LogP contribution in [0.15, 0.2) is 72.8 Å². The molecule has 2 fully saturated rings. The lowest BCUT2D eigenvalue weighted by atomic mass is 9.57. The van der Waals surface area contributed by atoms with Crippen LogP contribution in [-0.2, 0) is 20.5 Å². The van der Waals surface area contributed by atoms with Crippen molar-refractivity contribution in [2.45, 2.75) is 36.8 Å². The quantitative estimate of drug-likeness (QED) is 0.563. The summed E-state index contributed by atoms with van der Waals surface area (Å²) >= 11 is 0. The summed E-state index contributed by atoms with van der Waals surface area (Å²) in [7, 11) is 0. The number of hydrogen-bond acceptors (Lipinski definition) is 4. The van der Waals surface area contributed by atoms with Crippen LogP contribution in [0.25, 0.3) is 0 Å². The highest BCUT2D eigenvalue weighted by atomic mass is 16.2. The van der Waals surface area contributed by atoms with Crippen LogP contribution in [0.3, 0.4) is 0 Å². The first-order chi connectivity index (χ1) is 17.0. The highest BCUT2D eigenvalue weighted by Gasteiger charge is 2.81. The lowest BCUT2D eigenvalue weighted by Crippen LogP contribution is -2.62. The van der Waals surface area contributed by atoms with Crippen molar-refractivity contribution < 1.29 is 14.4 Å². The van der Waals surface area contributed by atoms with E-state index in [1.165, 1.54) is 0 Å². The van der Waals surface area contributed by atoms with Gasteiger partial charge in [0, 0.05) is 28.5 Å². The zero-order valence-electron chi connectivity index (χ0n) is 19.4. The molecule has 2 saturated heterocycles. The van der Waals surface area contributed by atoms with E-state index >= 15 is 0 Å². The average molecular weight is 464 g/mol. The SMILES string of the molecule is Cc1ccc(C(=O)C2C3CCCN3C3(C(=O)Nc4ccccc43)C23C(=O)Nc2ccccc23)cc1. The summed E-state index contributed by atoms with van der Waals surface area (Å²) in [6.07, 6.45) is 1.63. The Labute approximate surface area is 203 Å². The average Bonchev–Trinajstić information content (AvgIpc) is 3.58. The van der Waals surface area contributed by atoms with Gasteiger partial charge in [0.2, 0.25) is 5.91 Å². The molecule has 4 aliphatic rings. The van der Waals surface area contributed by atoms with Crippen molar-refractivity contribution in [2.75, 3.05) is 17.2 Å². The van der Waals surface area contributed by atoms with E-state index < -0.39 is 16.9 Å². The van der Waals surface area contributed by atoms with Gasteiger partial charge in [-0.1, -0.05) is 66.2 Å². The number of nitrogens with zero attached hydrogens (tertiary/aromatic N) is 1. The Balaban J connectivity index is 1.58. The molecule has 0 aliphatic carbocycles. The minimum Gasteiger partial charge on any atom is -0.325 e. The molecule has 4 aliphatic heterocycles. The number of carbonyl (C=O) groups is 3. The van der Waals surface area contributed by atoms with Gasteiger partial charge in [-0.25, -0.2) is 0 Å². The maximum absolute atomic E-state index is 14.4. The Morgan fingerprint density at radius 3 is 2.23 bits per heavy atom. The van der Waals surface area contributed by atoms with Gasteiger partial charge in [-0.15, -0.1) is 0 Å². The number of anilines is 2. The molecule has 0 saturated carbocycles. The third kappa shape index (κ3) is 2.26. The maximum Gasteiger partial charge on any atom is 0.251 e. The first kappa shape index (κ1) is 20.6. The van der Waals surface area contributed by atoms with Crippen LogP contribution in [0.1, 0.15) is 39.9 Å². The third-order valence-electron chi connectivity index (χ3n) is 8.62. The van der Waals surface area contributed by atoms with E-state index in [9.17, 15) is 14.4 Å². The highest BCUT2D eigenvalue weighted by molar-refractivity contribution is 6.21. The topological polar surface area (TPSA) is 78.5 Å². The van der Waals surface area contributed by atoms with Crippen LogP contribution in [0, 0.1) is 12.8 Å². The molecular formula is C29H25N3O3. The Morgan fingerprint density at radius 2 is 1.49 bits per heavy atom. The molecule has 2 amide bonds. The maximum atomic E-state index is 14.4.